The molecule has 0 spiro atoms. The lowest BCUT2D eigenvalue weighted by molar-refractivity contribution is 0.174. The molecule has 1 atom stereocenters. The van der Waals surface area contributed by atoms with Crippen LogP contribution in [0.1, 0.15) is 35.4 Å². The number of ether oxygens (including phenoxy) is 1. The first-order valence-corrected chi connectivity index (χ1v) is 6.92. The van der Waals surface area contributed by atoms with Crippen LogP contribution in [0, 0.1) is 0 Å². The Labute approximate surface area is 120 Å². The van der Waals surface area contributed by atoms with Crippen LogP contribution in [0.5, 0.6) is 0 Å². The summed E-state index contributed by atoms with van der Waals surface area (Å²) in [6, 6.07) is 11.9. The third-order valence-electron chi connectivity index (χ3n) is 3.34. The van der Waals surface area contributed by atoms with Gasteiger partial charge >= 0.3 is 0 Å². The highest BCUT2D eigenvalue weighted by Gasteiger charge is 2.10. The van der Waals surface area contributed by atoms with Crippen molar-refractivity contribution >= 4 is 0 Å². The molecule has 1 aromatic carbocycles. The molecular weight excluding hydrogens is 250 g/mol. The minimum Gasteiger partial charge on any atom is -0.388 e. The summed E-state index contributed by atoms with van der Waals surface area (Å²) >= 11 is 0. The Morgan fingerprint density at radius 2 is 2.05 bits per heavy atom. The summed E-state index contributed by atoms with van der Waals surface area (Å²) in [6.07, 6.45) is 2.85. The maximum atomic E-state index is 10.3. The quantitative estimate of drug-likeness (QED) is 0.878. The van der Waals surface area contributed by atoms with Crippen LogP contribution in [-0.2, 0) is 24.2 Å². The first-order chi connectivity index (χ1) is 9.72. The lowest BCUT2D eigenvalue weighted by atomic mass is 10.0. The number of aliphatic hydroxyl groups excluding tert-OH is 1. The van der Waals surface area contributed by atoms with Crippen LogP contribution in [0.3, 0.4) is 0 Å². The molecule has 0 fully saturated rings. The van der Waals surface area contributed by atoms with Gasteiger partial charge in [0.2, 0.25) is 0 Å². The van der Waals surface area contributed by atoms with Gasteiger partial charge in [-0.25, -0.2) is 0 Å². The predicted molar refractivity (Wildman–Crippen MR) is 79.4 cm³/mol. The number of aryl methyl sites for hydroxylation is 1. The van der Waals surface area contributed by atoms with Crippen molar-refractivity contribution in [3.63, 3.8) is 0 Å². The Balaban J connectivity index is 2.06. The zero-order chi connectivity index (χ0) is 14.4. The van der Waals surface area contributed by atoms with E-state index in [0.717, 1.165) is 23.2 Å². The molecule has 1 aromatic heterocycles. The van der Waals surface area contributed by atoms with Gasteiger partial charge in [-0.1, -0.05) is 37.3 Å². The van der Waals surface area contributed by atoms with E-state index in [9.17, 15) is 5.11 Å². The zero-order valence-corrected chi connectivity index (χ0v) is 12.0. The van der Waals surface area contributed by atoms with Crippen LogP contribution in [-0.4, -0.2) is 17.2 Å². The molecule has 106 valence electrons. The summed E-state index contributed by atoms with van der Waals surface area (Å²) in [7, 11) is 1.67. The van der Waals surface area contributed by atoms with E-state index >= 15 is 0 Å². The Morgan fingerprint density at radius 3 is 2.70 bits per heavy atom. The molecule has 1 unspecified atom stereocenters. The summed E-state index contributed by atoms with van der Waals surface area (Å²) in [5, 5.41) is 10.3. The lowest BCUT2D eigenvalue weighted by Gasteiger charge is -2.12. The molecule has 0 aliphatic carbocycles. The SMILES string of the molecule is CCc1ccc(CC(O)c2cccc(COC)c2)nc1. The molecule has 0 saturated heterocycles. The maximum absolute atomic E-state index is 10.3. The molecule has 1 N–H and O–H groups in total. The molecule has 3 heteroatoms. The molecule has 2 rings (SSSR count). The van der Waals surface area contributed by atoms with E-state index in [-0.39, 0.29) is 0 Å². The van der Waals surface area contributed by atoms with Crippen molar-refractivity contribution in [1.29, 1.82) is 0 Å². The molecule has 2 aromatic rings. The predicted octanol–water partition coefficient (Wildman–Crippen LogP) is 3.07. The van der Waals surface area contributed by atoms with Gasteiger partial charge in [-0.15, -0.1) is 0 Å². The van der Waals surface area contributed by atoms with Gasteiger partial charge in [-0.05, 0) is 29.2 Å². The third-order valence-corrected chi connectivity index (χ3v) is 3.34. The van der Waals surface area contributed by atoms with Gasteiger partial charge in [-0.3, -0.25) is 4.98 Å². The maximum Gasteiger partial charge on any atom is 0.0845 e. The minimum absolute atomic E-state index is 0.528. The van der Waals surface area contributed by atoms with Crippen molar-refractivity contribution in [3.05, 3.63) is 65.0 Å². The summed E-state index contributed by atoms with van der Waals surface area (Å²) < 4.78 is 5.11. The smallest absolute Gasteiger partial charge is 0.0845 e. The fraction of sp³-hybridized carbons (Fsp3) is 0.353. The van der Waals surface area contributed by atoms with Crippen LogP contribution < -0.4 is 0 Å². The van der Waals surface area contributed by atoms with Gasteiger partial charge in [-0.2, -0.15) is 0 Å². The van der Waals surface area contributed by atoms with Crippen molar-refractivity contribution < 1.29 is 9.84 Å². The molecule has 20 heavy (non-hydrogen) atoms. The Kier molecular flexibility index (Phi) is 5.27. The molecule has 0 radical (unpaired) electrons. The lowest BCUT2D eigenvalue weighted by Crippen LogP contribution is -2.04. The van der Waals surface area contributed by atoms with Gasteiger partial charge in [0.15, 0.2) is 0 Å². The number of aromatic nitrogens is 1. The number of hydrogen-bond donors (Lipinski definition) is 1. The number of pyridine rings is 1. The van der Waals surface area contributed by atoms with Gasteiger partial charge in [0.1, 0.15) is 0 Å². The third kappa shape index (κ3) is 3.89. The van der Waals surface area contributed by atoms with Gasteiger partial charge in [0, 0.05) is 25.4 Å². The van der Waals surface area contributed by atoms with Gasteiger partial charge in [0.05, 0.1) is 12.7 Å². The van der Waals surface area contributed by atoms with Crippen LogP contribution in [0.15, 0.2) is 42.6 Å². The number of methoxy groups -OCH3 is 1. The molecule has 0 amide bonds. The van der Waals surface area contributed by atoms with E-state index in [1.807, 2.05) is 36.5 Å². The van der Waals surface area contributed by atoms with Crippen molar-refractivity contribution in [3.8, 4) is 0 Å². The standard InChI is InChI=1S/C17H21NO2/c1-3-13-7-8-16(18-11-13)10-17(19)15-6-4-5-14(9-15)12-20-2/h4-9,11,17,19H,3,10,12H2,1-2H3. The number of benzene rings is 1. The Morgan fingerprint density at radius 1 is 1.20 bits per heavy atom. The second kappa shape index (κ2) is 7.17. The van der Waals surface area contributed by atoms with E-state index in [0.29, 0.717) is 13.0 Å². The summed E-state index contributed by atoms with van der Waals surface area (Å²) in [4.78, 5) is 4.39. The molecule has 1 heterocycles. The van der Waals surface area contributed by atoms with Crippen LogP contribution in [0.4, 0.5) is 0 Å². The monoisotopic (exact) mass is 271 g/mol. The normalized spacial score (nSPS) is 12.3. The fourth-order valence-electron chi connectivity index (χ4n) is 2.16. The van der Waals surface area contributed by atoms with E-state index in [4.69, 9.17) is 4.74 Å². The molecule has 0 saturated carbocycles. The highest BCUT2D eigenvalue weighted by Crippen LogP contribution is 2.19. The van der Waals surface area contributed by atoms with Crippen molar-refractivity contribution in [2.24, 2.45) is 0 Å². The van der Waals surface area contributed by atoms with Crippen molar-refractivity contribution in [2.45, 2.75) is 32.5 Å². The van der Waals surface area contributed by atoms with Crippen LogP contribution in [0.2, 0.25) is 0 Å². The number of hydrogen-bond acceptors (Lipinski definition) is 3. The van der Waals surface area contributed by atoms with Gasteiger partial charge in [0.25, 0.3) is 0 Å². The fourth-order valence-corrected chi connectivity index (χ4v) is 2.16. The van der Waals surface area contributed by atoms with E-state index < -0.39 is 6.10 Å². The summed E-state index contributed by atoms with van der Waals surface area (Å²) in [5.74, 6) is 0. The molecular formula is C17H21NO2. The number of nitrogens with zero attached hydrogens (tertiary/aromatic N) is 1. The topological polar surface area (TPSA) is 42.4 Å². The van der Waals surface area contributed by atoms with E-state index in [1.54, 1.807) is 7.11 Å². The largest absolute Gasteiger partial charge is 0.388 e. The first-order valence-electron chi connectivity index (χ1n) is 6.92. The van der Waals surface area contributed by atoms with Crippen LogP contribution >= 0.6 is 0 Å². The average molecular weight is 271 g/mol. The summed E-state index contributed by atoms with van der Waals surface area (Å²) in [6.45, 7) is 2.66. The first kappa shape index (κ1) is 14.7. The summed E-state index contributed by atoms with van der Waals surface area (Å²) in [5.41, 5.74) is 4.09. The van der Waals surface area contributed by atoms with E-state index in [1.165, 1.54) is 5.56 Å². The molecule has 3 nitrogen and oxygen atoms in total. The molecule has 0 aliphatic rings. The Bertz CT molecular complexity index is 537. The Hall–Kier alpha value is -1.71. The van der Waals surface area contributed by atoms with Gasteiger partial charge < -0.3 is 9.84 Å². The van der Waals surface area contributed by atoms with Crippen LogP contribution in [0.25, 0.3) is 0 Å². The molecule has 0 aliphatic heterocycles. The van der Waals surface area contributed by atoms with Crippen molar-refractivity contribution in [2.75, 3.05) is 7.11 Å². The number of aliphatic hydroxyl groups is 1. The zero-order valence-electron chi connectivity index (χ0n) is 12.0. The highest BCUT2D eigenvalue weighted by molar-refractivity contribution is 5.26. The minimum atomic E-state index is -0.535. The second-order valence-electron chi connectivity index (χ2n) is 4.91. The highest BCUT2D eigenvalue weighted by atomic mass is 16.5. The second-order valence-corrected chi connectivity index (χ2v) is 4.91. The number of rotatable bonds is 6. The molecule has 0 bridgehead atoms. The average Bonchev–Trinajstić information content (AvgIpc) is 2.48. The van der Waals surface area contributed by atoms with Crippen molar-refractivity contribution in [1.82, 2.24) is 4.98 Å². The van der Waals surface area contributed by atoms with E-state index in [2.05, 4.69) is 18.0 Å².